The molecule has 2 atom stereocenters. The molecular weight excluding hydrogens is 252 g/mol. The van der Waals surface area contributed by atoms with Crippen molar-refractivity contribution in [2.24, 2.45) is 5.73 Å². The molecular formula is C13H13F2N3O. The molecule has 4 nitrogen and oxygen atoms in total. The molecule has 1 aliphatic rings. The summed E-state index contributed by atoms with van der Waals surface area (Å²) < 4.78 is 31.9. The summed E-state index contributed by atoms with van der Waals surface area (Å²) in [5.74, 6) is -0.641. The molecule has 1 fully saturated rings. The van der Waals surface area contributed by atoms with Crippen LogP contribution in [0.5, 0.6) is 0 Å². The van der Waals surface area contributed by atoms with Crippen LogP contribution in [0.25, 0.3) is 11.4 Å². The third-order valence-electron chi connectivity index (χ3n) is 3.50. The smallest absolute Gasteiger partial charge is 0.231 e. The highest BCUT2D eigenvalue weighted by Crippen LogP contribution is 2.33. The number of aromatic nitrogens is 2. The van der Waals surface area contributed by atoms with Gasteiger partial charge in [-0.05, 0) is 31.0 Å². The minimum Gasteiger partial charge on any atom is -0.339 e. The lowest BCUT2D eigenvalue weighted by molar-refractivity contribution is 0.345. The van der Waals surface area contributed by atoms with Crippen LogP contribution in [0.2, 0.25) is 0 Å². The van der Waals surface area contributed by atoms with Crippen LogP contribution >= 0.6 is 0 Å². The zero-order valence-electron chi connectivity index (χ0n) is 10.1. The number of halogens is 2. The van der Waals surface area contributed by atoms with Crippen LogP contribution < -0.4 is 5.73 Å². The van der Waals surface area contributed by atoms with Crippen LogP contribution in [0.15, 0.2) is 22.7 Å². The number of hydrogen-bond donors (Lipinski definition) is 1. The fraction of sp³-hybridized carbons (Fsp3) is 0.385. The topological polar surface area (TPSA) is 64.9 Å². The van der Waals surface area contributed by atoms with Gasteiger partial charge in [0.25, 0.3) is 0 Å². The van der Waals surface area contributed by atoms with E-state index >= 15 is 0 Å². The van der Waals surface area contributed by atoms with E-state index in [1.807, 2.05) is 0 Å². The number of benzene rings is 1. The summed E-state index contributed by atoms with van der Waals surface area (Å²) in [6.45, 7) is 0. The van der Waals surface area contributed by atoms with Gasteiger partial charge in [0.15, 0.2) is 0 Å². The van der Waals surface area contributed by atoms with E-state index in [0.717, 1.165) is 37.5 Å². The molecule has 0 spiro atoms. The minimum absolute atomic E-state index is 0.00145. The Morgan fingerprint density at radius 3 is 2.84 bits per heavy atom. The SMILES string of the molecule is NC1CCCC1c1nc(-c2cc(F)ccc2F)no1. The van der Waals surface area contributed by atoms with Crippen molar-refractivity contribution in [2.75, 3.05) is 0 Å². The van der Waals surface area contributed by atoms with E-state index in [1.54, 1.807) is 0 Å². The van der Waals surface area contributed by atoms with Gasteiger partial charge in [0.2, 0.25) is 11.7 Å². The maximum atomic E-state index is 13.6. The lowest BCUT2D eigenvalue weighted by Crippen LogP contribution is -2.22. The largest absolute Gasteiger partial charge is 0.339 e. The number of nitrogens with two attached hydrogens (primary N) is 1. The Morgan fingerprint density at radius 2 is 2.11 bits per heavy atom. The molecule has 0 radical (unpaired) electrons. The zero-order valence-corrected chi connectivity index (χ0v) is 10.1. The molecule has 2 N–H and O–H groups in total. The predicted molar refractivity (Wildman–Crippen MR) is 64.2 cm³/mol. The first-order valence-corrected chi connectivity index (χ1v) is 6.20. The molecule has 0 amide bonds. The van der Waals surface area contributed by atoms with Gasteiger partial charge in [-0.25, -0.2) is 8.78 Å². The second kappa shape index (κ2) is 4.70. The molecule has 19 heavy (non-hydrogen) atoms. The van der Waals surface area contributed by atoms with Gasteiger partial charge in [0, 0.05) is 6.04 Å². The molecule has 2 unspecified atom stereocenters. The van der Waals surface area contributed by atoms with Crippen molar-refractivity contribution in [1.82, 2.24) is 10.1 Å². The average Bonchev–Trinajstić information content (AvgIpc) is 3.00. The Hall–Kier alpha value is -1.82. The first-order chi connectivity index (χ1) is 9.15. The lowest BCUT2D eigenvalue weighted by atomic mass is 10.1. The summed E-state index contributed by atoms with van der Waals surface area (Å²) in [4.78, 5) is 4.15. The fourth-order valence-electron chi connectivity index (χ4n) is 2.46. The third kappa shape index (κ3) is 2.23. The molecule has 1 saturated carbocycles. The molecule has 1 aromatic heterocycles. The first-order valence-electron chi connectivity index (χ1n) is 6.20. The summed E-state index contributed by atoms with van der Waals surface area (Å²) in [7, 11) is 0. The molecule has 2 aromatic rings. The van der Waals surface area contributed by atoms with Gasteiger partial charge in [0.05, 0.1) is 11.5 Å². The molecule has 100 valence electrons. The standard InChI is InChI=1S/C13H13F2N3O/c14-7-4-5-10(15)9(6-7)12-17-13(19-18-12)8-2-1-3-11(8)16/h4-6,8,11H,1-3,16H2. The van der Waals surface area contributed by atoms with Crippen molar-refractivity contribution >= 4 is 0 Å². The summed E-state index contributed by atoms with van der Waals surface area (Å²) in [6, 6.07) is 3.14. The summed E-state index contributed by atoms with van der Waals surface area (Å²) in [6.07, 6.45) is 2.81. The normalized spacial score (nSPS) is 22.9. The van der Waals surface area contributed by atoms with Gasteiger partial charge in [0.1, 0.15) is 11.6 Å². The lowest BCUT2D eigenvalue weighted by Gasteiger charge is -2.08. The zero-order chi connectivity index (χ0) is 13.4. The molecule has 0 bridgehead atoms. The molecule has 0 aliphatic heterocycles. The summed E-state index contributed by atoms with van der Waals surface area (Å²) in [5, 5.41) is 3.72. The second-order valence-corrected chi connectivity index (χ2v) is 4.78. The van der Waals surface area contributed by atoms with Gasteiger partial charge in [-0.15, -0.1) is 0 Å². The van der Waals surface area contributed by atoms with Crippen LogP contribution in [-0.4, -0.2) is 16.2 Å². The highest BCUT2D eigenvalue weighted by molar-refractivity contribution is 5.55. The fourth-order valence-corrected chi connectivity index (χ4v) is 2.46. The van der Waals surface area contributed by atoms with Crippen LogP contribution in [0.1, 0.15) is 31.1 Å². The van der Waals surface area contributed by atoms with Crippen LogP contribution in [0.3, 0.4) is 0 Å². The van der Waals surface area contributed by atoms with Gasteiger partial charge in [-0.1, -0.05) is 11.6 Å². The van der Waals surface area contributed by atoms with Crippen LogP contribution in [-0.2, 0) is 0 Å². The predicted octanol–water partition coefficient (Wildman–Crippen LogP) is 2.61. The summed E-state index contributed by atoms with van der Waals surface area (Å²) >= 11 is 0. The molecule has 1 heterocycles. The number of nitrogens with zero attached hydrogens (tertiary/aromatic N) is 2. The monoisotopic (exact) mass is 265 g/mol. The van der Waals surface area contributed by atoms with Crippen molar-refractivity contribution in [3.8, 4) is 11.4 Å². The van der Waals surface area contributed by atoms with Crippen LogP contribution in [0.4, 0.5) is 8.78 Å². The number of rotatable bonds is 2. The van der Waals surface area contributed by atoms with Crippen molar-refractivity contribution in [3.63, 3.8) is 0 Å². The van der Waals surface area contributed by atoms with Gasteiger partial charge >= 0.3 is 0 Å². The van der Waals surface area contributed by atoms with Crippen molar-refractivity contribution in [1.29, 1.82) is 0 Å². The Labute approximate surface area is 108 Å². The Balaban J connectivity index is 1.94. The number of hydrogen-bond acceptors (Lipinski definition) is 4. The Bertz CT molecular complexity index is 599. The second-order valence-electron chi connectivity index (χ2n) is 4.78. The maximum absolute atomic E-state index is 13.6. The van der Waals surface area contributed by atoms with Crippen molar-refractivity contribution in [3.05, 3.63) is 35.7 Å². The van der Waals surface area contributed by atoms with E-state index in [-0.39, 0.29) is 23.3 Å². The molecule has 1 aromatic carbocycles. The highest BCUT2D eigenvalue weighted by Gasteiger charge is 2.30. The van der Waals surface area contributed by atoms with E-state index in [1.165, 1.54) is 0 Å². The highest BCUT2D eigenvalue weighted by atomic mass is 19.1. The molecule has 3 rings (SSSR count). The Kier molecular flexibility index (Phi) is 3.02. The van der Waals surface area contributed by atoms with Gasteiger partial charge in [-0.2, -0.15) is 4.98 Å². The van der Waals surface area contributed by atoms with E-state index in [4.69, 9.17) is 10.3 Å². The summed E-state index contributed by atoms with van der Waals surface area (Å²) in [5.41, 5.74) is 5.95. The molecule has 6 heteroatoms. The molecule has 0 saturated heterocycles. The minimum atomic E-state index is -0.579. The maximum Gasteiger partial charge on any atom is 0.231 e. The van der Waals surface area contributed by atoms with Crippen molar-refractivity contribution in [2.45, 2.75) is 31.2 Å². The van der Waals surface area contributed by atoms with Crippen LogP contribution in [0, 0.1) is 11.6 Å². The Morgan fingerprint density at radius 1 is 1.26 bits per heavy atom. The van der Waals surface area contributed by atoms with Gasteiger partial charge in [-0.3, -0.25) is 0 Å². The quantitative estimate of drug-likeness (QED) is 0.906. The van der Waals surface area contributed by atoms with Gasteiger partial charge < -0.3 is 10.3 Å². The average molecular weight is 265 g/mol. The van der Waals surface area contributed by atoms with E-state index in [2.05, 4.69) is 10.1 Å². The first kappa shape index (κ1) is 12.2. The van der Waals surface area contributed by atoms with Crippen molar-refractivity contribution < 1.29 is 13.3 Å². The van der Waals surface area contributed by atoms with E-state index in [9.17, 15) is 8.78 Å². The molecule has 1 aliphatic carbocycles. The third-order valence-corrected chi connectivity index (χ3v) is 3.50. The van der Waals surface area contributed by atoms with E-state index in [0.29, 0.717) is 5.89 Å². The van der Waals surface area contributed by atoms with E-state index < -0.39 is 11.6 Å².